The molecule has 2 spiro atoms. The van der Waals surface area contributed by atoms with Crippen molar-refractivity contribution < 1.29 is 14.3 Å². The molecular weight excluding hydrogens is 366 g/mol. The summed E-state index contributed by atoms with van der Waals surface area (Å²) in [4.78, 5) is 31.3. The van der Waals surface area contributed by atoms with Gasteiger partial charge in [-0.05, 0) is 67.6 Å². The van der Waals surface area contributed by atoms with E-state index < -0.39 is 5.54 Å². The van der Waals surface area contributed by atoms with Gasteiger partial charge in [-0.15, -0.1) is 0 Å². The van der Waals surface area contributed by atoms with Gasteiger partial charge < -0.3 is 15.3 Å². The number of guanidine groups is 1. The molecule has 0 radical (unpaired) electrons. The number of benzene rings is 1. The Morgan fingerprint density at radius 1 is 1.28 bits per heavy atom. The number of hydrogen-bond acceptors (Lipinski definition) is 5. The van der Waals surface area contributed by atoms with E-state index in [9.17, 15) is 9.59 Å². The number of nitrogens with zero attached hydrogens (tertiary/aromatic N) is 2. The Balaban J connectivity index is 1.62. The zero-order valence-corrected chi connectivity index (χ0v) is 17.0. The number of rotatable bonds is 5. The van der Waals surface area contributed by atoms with Crippen LogP contribution in [0.1, 0.15) is 67.6 Å². The fourth-order valence-corrected chi connectivity index (χ4v) is 5.95. The predicted octanol–water partition coefficient (Wildman–Crippen LogP) is 2.64. The van der Waals surface area contributed by atoms with Crippen LogP contribution in [-0.4, -0.2) is 42.8 Å². The van der Waals surface area contributed by atoms with E-state index in [0.717, 1.165) is 44.0 Å². The summed E-state index contributed by atoms with van der Waals surface area (Å²) < 4.78 is 5.61. The minimum Gasteiger partial charge on any atom is -0.381 e. The maximum Gasteiger partial charge on any atom is 0.262 e. The highest BCUT2D eigenvalue weighted by Gasteiger charge is 2.66. The molecule has 1 aromatic carbocycles. The van der Waals surface area contributed by atoms with Crippen molar-refractivity contribution in [3.63, 3.8) is 0 Å². The second kappa shape index (κ2) is 6.66. The standard InChI is InChI=1S/C23H29N3O3/c1-29-18-7-9-22(10-8-18)14-17-6-5-16(15-3-4-15)13-19(17)23(22)20(28)26(11-2-12-27)21(24)25-23/h5-6,12-13,15,18H,2-4,7-11,14H2,1H3,(H2,24,25). The predicted molar refractivity (Wildman–Crippen MR) is 110 cm³/mol. The first-order valence-corrected chi connectivity index (χ1v) is 10.8. The minimum absolute atomic E-state index is 0.0422. The monoisotopic (exact) mass is 395 g/mol. The molecule has 0 bridgehead atoms. The molecule has 0 aromatic heterocycles. The second-order valence-electron chi connectivity index (χ2n) is 9.18. The largest absolute Gasteiger partial charge is 0.381 e. The number of aliphatic imine (C=N–C) groups is 1. The van der Waals surface area contributed by atoms with Crippen LogP contribution in [0.15, 0.2) is 23.2 Å². The molecule has 1 heterocycles. The van der Waals surface area contributed by atoms with Crippen LogP contribution in [0.3, 0.4) is 0 Å². The number of aldehydes is 1. The number of carbonyl (C=O) groups excluding carboxylic acids is 2. The van der Waals surface area contributed by atoms with Gasteiger partial charge in [0.25, 0.3) is 5.91 Å². The van der Waals surface area contributed by atoms with Crippen LogP contribution in [0.2, 0.25) is 0 Å². The van der Waals surface area contributed by atoms with E-state index >= 15 is 0 Å². The molecule has 1 amide bonds. The summed E-state index contributed by atoms with van der Waals surface area (Å²) in [6.07, 6.45) is 8.28. The summed E-state index contributed by atoms with van der Waals surface area (Å²) in [6.45, 7) is 0.299. The van der Waals surface area contributed by atoms with Crippen molar-refractivity contribution >= 4 is 18.2 Å². The molecule has 1 unspecified atom stereocenters. The Morgan fingerprint density at radius 2 is 2.03 bits per heavy atom. The number of hydrogen-bond donors (Lipinski definition) is 1. The Kier molecular flexibility index (Phi) is 4.32. The third kappa shape index (κ3) is 2.61. The van der Waals surface area contributed by atoms with Gasteiger partial charge in [-0.1, -0.05) is 18.2 Å². The summed E-state index contributed by atoms with van der Waals surface area (Å²) in [5, 5.41) is 0. The summed E-state index contributed by atoms with van der Waals surface area (Å²) >= 11 is 0. The lowest BCUT2D eigenvalue weighted by atomic mass is 9.61. The van der Waals surface area contributed by atoms with Gasteiger partial charge in [-0.3, -0.25) is 9.69 Å². The smallest absolute Gasteiger partial charge is 0.262 e. The normalized spacial score (nSPS) is 33.4. The SMILES string of the molecule is COC1CCC2(CC1)Cc1ccc(C3CC3)cc1C21N=C(N)N(CCC=O)C1=O. The Labute approximate surface area is 171 Å². The lowest BCUT2D eigenvalue weighted by Gasteiger charge is -2.45. The molecule has 4 aliphatic rings. The highest BCUT2D eigenvalue weighted by atomic mass is 16.5. The van der Waals surface area contributed by atoms with Crippen molar-refractivity contribution in [1.82, 2.24) is 4.90 Å². The minimum atomic E-state index is -0.946. The van der Waals surface area contributed by atoms with Crippen LogP contribution >= 0.6 is 0 Å². The van der Waals surface area contributed by atoms with Crippen LogP contribution in [0.25, 0.3) is 0 Å². The van der Waals surface area contributed by atoms with Crippen LogP contribution in [0.5, 0.6) is 0 Å². The molecule has 6 heteroatoms. The van der Waals surface area contributed by atoms with E-state index in [4.69, 9.17) is 15.5 Å². The molecule has 1 atom stereocenters. The van der Waals surface area contributed by atoms with Crippen molar-refractivity contribution in [3.05, 3.63) is 34.9 Å². The molecule has 5 rings (SSSR count). The maximum absolute atomic E-state index is 13.9. The number of fused-ring (bicyclic) bond motifs is 3. The molecule has 2 N–H and O–H groups in total. The van der Waals surface area contributed by atoms with Gasteiger partial charge >= 0.3 is 0 Å². The highest BCUT2D eigenvalue weighted by molar-refractivity contribution is 6.08. The molecular formula is C23H29N3O3. The van der Waals surface area contributed by atoms with Crippen molar-refractivity contribution in [3.8, 4) is 0 Å². The molecule has 0 saturated heterocycles. The number of amides is 1. The fraction of sp³-hybridized carbons (Fsp3) is 0.609. The molecule has 1 aliphatic heterocycles. The Hall–Kier alpha value is -2.21. The Bertz CT molecular complexity index is 883. The van der Waals surface area contributed by atoms with Gasteiger partial charge in [-0.2, -0.15) is 0 Å². The summed E-state index contributed by atoms with van der Waals surface area (Å²) in [6, 6.07) is 6.69. The fourth-order valence-electron chi connectivity index (χ4n) is 5.95. The van der Waals surface area contributed by atoms with E-state index in [0.29, 0.717) is 12.5 Å². The third-order valence-corrected chi connectivity index (χ3v) is 7.68. The first kappa shape index (κ1) is 18.8. The zero-order valence-electron chi connectivity index (χ0n) is 17.0. The van der Waals surface area contributed by atoms with E-state index in [-0.39, 0.29) is 29.8 Å². The number of carbonyl (C=O) groups is 2. The van der Waals surface area contributed by atoms with Gasteiger partial charge in [0.15, 0.2) is 11.5 Å². The number of ether oxygens (including phenoxy) is 1. The van der Waals surface area contributed by atoms with E-state index in [1.54, 1.807) is 7.11 Å². The topological polar surface area (TPSA) is 85.0 Å². The van der Waals surface area contributed by atoms with Crippen molar-refractivity contribution in [2.45, 2.75) is 68.9 Å². The van der Waals surface area contributed by atoms with E-state index in [1.807, 2.05) is 0 Å². The molecule has 2 saturated carbocycles. The zero-order chi connectivity index (χ0) is 20.2. The van der Waals surface area contributed by atoms with Gasteiger partial charge in [0.2, 0.25) is 0 Å². The van der Waals surface area contributed by atoms with Crippen LogP contribution in [0, 0.1) is 5.41 Å². The molecule has 29 heavy (non-hydrogen) atoms. The number of methoxy groups -OCH3 is 1. The molecule has 2 fully saturated rings. The highest BCUT2D eigenvalue weighted by Crippen LogP contribution is 2.62. The maximum atomic E-state index is 13.9. The Morgan fingerprint density at radius 3 is 2.69 bits per heavy atom. The first-order valence-electron chi connectivity index (χ1n) is 10.8. The van der Waals surface area contributed by atoms with Crippen molar-refractivity contribution in [2.75, 3.05) is 13.7 Å². The van der Waals surface area contributed by atoms with Gasteiger partial charge in [0.05, 0.1) is 6.10 Å². The van der Waals surface area contributed by atoms with Gasteiger partial charge in [-0.25, -0.2) is 4.99 Å². The van der Waals surface area contributed by atoms with E-state index in [1.165, 1.54) is 28.9 Å². The van der Waals surface area contributed by atoms with Crippen molar-refractivity contribution in [1.29, 1.82) is 0 Å². The average Bonchev–Trinajstić information content (AvgIpc) is 3.50. The van der Waals surface area contributed by atoms with Gasteiger partial charge in [0.1, 0.15) is 6.29 Å². The third-order valence-electron chi connectivity index (χ3n) is 7.68. The lowest BCUT2D eigenvalue weighted by molar-refractivity contribution is -0.138. The summed E-state index contributed by atoms with van der Waals surface area (Å²) in [5.41, 5.74) is 8.69. The molecule has 154 valence electrons. The molecule has 6 nitrogen and oxygen atoms in total. The second-order valence-corrected chi connectivity index (χ2v) is 9.18. The average molecular weight is 396 g/mol. The summed E-state index contributed by atoms with van der Waals surface area (Å²) in [7, 11) is 1.77. The first-order chi connectivity index (χ1) is 14.0. The lowest BCUT2D eigenvalue weighted by Crippen LogP contribution is -2.52. The number of nitrogens with two attached hydrogens (primary N) is 1. The van der Waals surface area contributed by atoms with Crippen LogP contribution < -0.4 is 5.73 Å². The van der Waals surface area contributed by atoms with Crippen molar-refractivity contribution in [2.24, 2.45) is 16.1 Å². The van der Waals surface area contributed by atoms with Gasteiger partial charge in [0, 0.05) is 25.5 Å². The quantitative estimate of drug-likeness (QED) is 0.777. The van der Waals surface area contributed by atoms with Crippen LogP contribution in [-0.2, 0) is 26.3 Å². The summed E-state index contributed by atoms with van der Waals surface area (Å²) in [5.74, 6) is 0.830. The molecule has 3 aliphatic carbocycles. The van der Waals surface area contributed by atoms with E-state index in [2.05, 4.69) is 18.2 Å². The van der Waals surface area contributed by atoms with Crippen LogP contribution in [0.4, 0.5) is 0 Å². The molecule has 1 aromatic rings.